The third kappa shape index (κ3) is 8.49. The van der Waals surface area contributed by atoms with Crippen LogP contribution in [0, 0.1) is 13.8 Å². The quantitative estimate of drug-likeness (QED) is 0.421. The Hall–Kier alpha value is -4.14. The number of hydrogen-bond acceptors (Lipinski definition) is 5. The van der Waals surface area contributed by atoms with Gasteiger partial charge in [-0.2, -0.15) is 0 Å². The molecule has 198 valence electrons. The fourth-order valence-electron chi connectivity index (χ4n) is 3.77. The molecular weight excluding hydrogens is 472 g/mol. The Bertz CT molecular complexity index is 1160. The highest BCUT2D eigenvalue weighted by Gasteiger charge is 2.37. The maximum atomic E-state index is 13.8. The fourth-order valence-corrected chi connectivity index (χ4v) is 3.77. The molecule has 0 saturated heterocycles. The summed E-state index contributed by atoms with van der Waals surface area (Å²) in [5.74, 6) is -1.95. The minimum atomic E-state index is -1.36. The summed E-state index contributed by atoms with van der Waals surface area (Å²) < 4.78 is 5.27. The summed E-state index contributed by atoms with van der Waals surface area (Å²) in [4.78, 5) is 53.2. The Morgan fingerprint density at radius 3 is 2.16 bits per heavy atom. The van der Waals surface area contributed by atoms with Crippen LogP contribution in [-0.4, -0.2) is 46.9 Å². The SMILES string of the molecule is C=CCN(C(=O)C(CC(N)=O)NC(=O)OC(C)(C)C)C(C(=O)Nc1ccccc1C)c1ccccc1C. The molecule has 9 nitrogen and oxygen atoms in total. The van der Waals surface area contributed by atoms with E-state index in [4.69, 9.17) is 10.5 Å². The summed E-state index contributed by atoms with van der Waals surface area (Å²) in [6.07, 6.45) is 0.104. The fraction of sp³-hybridized carbons (Fsp3) is 0.357. The van der Waals surface area contributed by atoms with Crippen molar-refractivity contribution in [3.8, 4) is 0 Å². The largest absolute Gasteiger partial charge is 0.444 e. The number of nitrogens with one attached hydrogen (secondary N) is 2. The third-order valence-electron chi connectivity index (χ3n) is 5.45. The number of ether oxygens (including phenoxy) is 1. The molecule has 9 heteroatoms. The lowest BCUT2D eigenvalue weighted by Crippen LogP contribution is -2.53. The van der Waals surface area contributed by atoms with Gasteiger partial charge >= 0.3 is 6.09 Å². The first-order valence-corrected chi connectivity index (χ1v) is 11.9. The van der Waals surface area contributed by atoms with Gasteiger partial charge in [0.15, 0.2) is 0 Å². The molecule has 0 spiro atoms. The van der Waals surface area contributed by atoms with E-state index in [1.807, 2.05) is 38.1 Å². The van der Waals surface area contributed by atoms with Crippen LogP contribution in [0.3, 0.4) is 0 Å². The average Bonchev–Trinajstić information content (AvgIpc) is 2.79. The van der Waals surface area contributed by atoms with Crippen LogP contribution in [0.4, 0.5) is 10.5 Å². The Morgan fingerprint density at radius 2 is 1.62 bits per heavy atom. The first-order valence-electron chi connectivity index (χ1n) is 11.9. The lowest BCUT2D eigenvalue weighted by atomic mass is 9.97. The van der Waals surface area contributed by atoms with Gasteiger partial charge in [0.25, 0.3) is 5.91 Å². The Labute approximate surface area is 218 Å². The highest BCUT2D eigenvalue weighted by molar-refractivity contribution is 6.00. The van der Waals surface area contributed by atoms with E-state index in [9.17, 15) is 19.2 Å². The molecule has 0 aromatic heterocycles. The monoisotopic (exact) mass is 508 g/mol. The van der Waals surface area contributed by atoms with E-state index in [1.165, 1.54) is 11.0 Å². The van der Waals surface area contributed by atoms with Crippen LogP contribution in [0.2, 0.25) is 0 Å². The van der Waals surface area contributed by atoms with Gasteiger partial charge in [-0.05, 0) is 57.4 Å². The van der Waals surface area contributed by atoms with Crippen molar-refractivity contribution in [3.63, 3.8) is 0 Å². The van der Waals surface area contributed by atoms with Crippen molar-refractivity contribution in [1.82, 2.24) is 10.2 Å². The first-order chi connectivity index (χ1) is 17.3. The van der Waals surface area contributed by atoms with Crippen LogP contribution < -0.4 is 16.4 Å². The molecule has 0 radical (unpaired) electrons. The molecule has 0 bridgehead atoms. The normalized spacial score (nSPS) is 12.6. The molecule has 2 aromatic carbocycles. The van der Waals surface area contributed by atoms with E-state index < -0.39 is 47.9 Å². The van der Waals surface area contributed by atoms with Crippen LogP contribution in [0.1, 0.15) is 49.9 Å². The minimum Gasteiger partial charge on any atom is -0.444 e. The summed E-state index contributed by atoms with van der Waals surface area (Å²) in [6, 6.07) is 12.0. The predicted octanol–water partition coefficient (Wildman–Crippen LogP) is 3.77. The maximum Gasteiger partial charge on any atom is 0.408 e. The molecule has 37 heavy (non-hydrogen) atoms. The lowest BCUT2D eigenvalue weighted by molar-refractivity contribution is -0.141. The molecule has 4 N–H and O–H groups in total. The van der Waals surface area contributed by atoms with Crippen LogP contribution in [0.25, 0.3) is 0 Å². The number of primary amides is 1. The van der Waals surface area contributed by atoms with Gasteiger partial charge in [-0.1, -0.05) is 48.5 Å². The van der Waals surface area contributed by atoms with Crippen molar-refractivity contribution < 1.29 is 23.9 Å². The molecule has 2 unspecified atom stereocenters. The summed E-state index contributed by atoms with van der Waals surface area (Å²) >= 11 is 0. The average molecular weight is 509 g/mol. The standard InChI is InChI=1S/C28H36N4O5/c1-7-16-32(26(35)22(17-23(29)33)31-27(36)37-28(4,5)6)24(20-14-10-8-12-18(20)2)25(34)30-21-15-11-9-13-19(21)3/h7-15,22,24H,1,16-17H2,2-6H3,(H2,29,33)(H,30,34)(H,31,36). The van der Waals surface area contributed by atoms with Crippen molar-refractivity contribution in [2.24, 2.45) is 5.73 Å². The van der Waals surface area contributed by atoms with Crippen LogP contribution in [0.5, 0.6) is 0 Å². The first kappa shape index (κ1) is 29.1. The molecule has 2 atom stereocenters. The number of nitrogens with zero attached hydrogens (tertiary/aromatic N) is 1. The van der Waals surface area contributed by atoms with E-state index in [0.29, 0.717) is 11.3 Å². The van der Waals surface area contributed by atoms with Crippen LogP contribution >= 0.6 is 0 Å². The number of para-hydroxylation sites is 1. The second-order valence-electron chi connectivity index (χ2n) is 9.71. The number of alkyl carbamates (subject to hydrolysis) is 1. The van der Waals surface area contributed by atoms with Crippen LogP contribution in [0.15, 0.2) is 61.2 Å². The Kier molecular flexibility index (Phi) is 9.99. The molecule has 0 fully saturated rings. The number of benzene rings is 2. The van der Waals surface area contributed by atoms with Crippen molar-refractivity contribution in [1.29, 1.82) is 0 Å². The number of rotatable bonds is 10. The number of carbonyl (C=O) groups is 4. The zero-order valence-corrected chi connectivity index (χ0v) is 22.0. The van der Waals surface area contributed by atoms with E-state index in [2.05, 4.69) is 17.2 Å². The van der Waals surface area contributed by atoms with Gasteiger partial charge in [0, 0.05) is 12.2 Å². The number of hydrogen-bond donors (Lipinski definition) is 3. The molecule has 0 aliphatic carbocycles. The smallest absolute Gasteiger partial charge is 0.408 e. The molecule has 2 rings (SSSR count). The van der Waals surface area contributed by atoms with Crippen molar-refractivity contribution in [3.05, 3.63) is 77.9 Å². The predicted molar refractivity (Wildman–Crippen MR) is 143 cm³/mol. The molecule has 0 aliphatic rings. The molecule has 0 aliphatic heterocycles. The summed E-state index contributed by atoms with van der Waals surface area (Å²) in [7, 11) is 0. The molecule has 2 aromatic rings. The van der Waals surface area contributed by atoms with Gasteiger partial charge in [0.1, 0.15) is 17.7 Å². The maximum absolute atomic E-state index is 13.8. The zero-order chi connectivity index (χ0) is 27.8. The molecule has 0 heterocycles. The van der Waals surface area contributed by atoms with E-state index in [-0.39, 0.29) is 6.54 Å². The summed E-state index contributed by atoms with van der Waals surface area (Å²) in [5.41, 5.74) is 7.37. The van der Waals surface area contributed by atoms with Crippen LogP contribution in [-0.2, 0) is 19.1 Å². The van der Waals surface area contributed by atoms with Crippen molar-refractivity contribution in [2.75, 3.05) is 11.9 Å². The number of carbonyl (C=O) groups excluding carboxylic acids is 4. The molecular formula is C28H36N4O5. The van der Waals surface area contributed by atoms with Crippen molar-refractivity contribution in [2.45, 2.75) is 58.7 Å². The number of amides is 4. The number of aryl methyl sites for hydroxylation is 2. The van der Waals surface area contributed by atoms with Gasteiger partial charge in [0.2, 0.25) is 11.8 Å². The van der Waals surface area contributed by atoms with E-state index in [1.54, 1.807) is 45.0 Å². The van der Waals surface area contributed by atoms with Gasteiger partial charge in [-0.25, -0.2) is 4.79 Å². The number of anilines is 1. The Balaban J connectivity index is 2.53. The van der Waals surface area contributed by atoms with E-state index >= 15 is 0 Å². The second kappa shape index (κ2) is 12.7. The van der Waals surface area contributed by atoms with Gasteiger partial charge in [0.05, 0.1) is 6.42 Å². The topological polar surface area (TPSA) is 131 Å². The van der Waals surface area contributed by atoms with E-state index in [0.717, 1.165) is 11.1 Å². The summed E-state index contributed by atoms with van der Waals surface area (Å²) in [5, 5.41) is 5.35. The second-order valence-corrected chi connectivity index (χ2v) is 9.71. The van der Waals surface area contributed by atoms with Crippen molar-refractivity contribution >= 4 is 29.5 Å². The number of nitrogens with two attached hydrogens (primary N) is 1. The van der Waals surface area contributed by atoms with Gasteiger partial charge < -0.3 is 26.0 Å². The van der Waals surface area contributed by atoms with Gasteiger partial charge in [-0.3, -0.25) is 14.4 Å². The highest BCUT2D eigenvalue weighted by atomic mass is 16.6. The van der Waals surface area contributed by atoms with Gasteiger partial charge in [-0.15, -0.1) is 6.58 Å². The highest BCUT2D eigenvalue weighted by Crippen LogP contribution is 2.28. The minimum absolute atomic E-state index is 0.0374. The third-order valence-corrected chi connectivity index (χ3v) is 5.45. The zero-order valence-electron chi connectivity index (χ0n) is 22.0. The summed E-state index contributed by atoms with van der Waals surface area (Å²) in [6.45, 7) is 12.4. The molecule has 0 saturated carbocycles. The lowest BCUT2D eigenvalue weighted by Gasteiger charge is -2.34. The molecule has 4 amide bonds. The Morgan fingerprint density at radius 1 is 1.03 bits per heavy atom.